The minimum atomic E-state index is -0.966. The summed E-state index contributed by atoms with van der Waals surface area (Å²) in [5, 5.41) is 18.3. The number of aromatic carboxylic acids is 1. The number of carbonyl (C=O) groups is 1. The van der Waals surface area contributed by atoms with Crippen LogP contribution in [0.1, 0.15) is 29.2 Å². The standard InChI is InChI=1S/C12H11BrN2O3/c13-9-1-6(12(17)18)2-10-11(9)15(5-14-10)7-3-8(16)4-7/h1-2,5,7-8,16H,3-4H2,(H,17,18). The average molecular weight is 311 g/mol. The lowest BCUT2D eigenvalue weighted by Crippen LogP contribution is -2.30. The summed E-state index contributed by atoms with van der Waals surface area (Å²) in [7, 11) is 0. The number of halogens is 1. The number of aliphatic hydroxyl groups is 1. The number of carboxylic acids is 1. The highest BCUT2D eigenvalue weighted by molar-refractivity contribution is 9.10. The molecule has 0 spiro atoms. The molecule has 0 bridgehead atoms. The molecule has 1 aliphatic carbocycles. The van der Waals surface area contributed by atoms with Crippen molar-refractivity contribution in [3.63, 3.8) is 0 Å². The monoisotopic (exact) mass is 310 g/mol. The molecule has 1 fully saturated rings. The maximum atomic E-state index is 11.0. The van der Waals surface area contributed by atoms with E-state index < -0.39 is 5.97 Å². The Kier molecular flexibility index (Phi) is 2.64. The van der Waals surface area contributed by atoms with Crippen molar-refractivity contribution < 1.29 is 15.0 Å². The second kappa shape index (κ2) is 4.07. The first kappa shape index (κ1) is 11.7. The van der Waals surface area contributed by atoms with E-state index in [4.69, 9.17) is 5.11 Å². The molecule has 0 aliphatic heterocycles. The van der Waals surface area contributed by atoms with Gasteiger partial charge in [0.05, 0.1) is 29.0 Å². The minimum Gasteiger partial charge on any atom is -0.478 e. The Bertz CT molecular complexity index is 632. The predicted octanol–water partition coefficient (Wildman–Crippen LogP) is 2.19. The van der Waals surface area contributed by atoms with Crippen LogP contribution in [0.4, 0.5) is 0 Å². The number of imidazole rings is 1. The van der Waals surface area contributed by atoms with Crippen LogP contribution in [0.15, 0.2) is 22.9 Å². The van der Waals surface area contributed by atoms with Gasteiger partial charge < -0.3 is 14.8 Å². The summed E-state index contributed by atoms with van der Waals surface area (Å²) in [6, 6.07) is 3.39. The van der Waals surface area contributed by atoms with Gasteiger partial charge in [-0.1, -0.05) is 0 Å². The second-order valence-electron chi connectivity index (χ2n) is 4.56. The molecule has 0 unspecified atom stereocenters. The van der Waals surface area contributed by atoms with Gasteiger partial charge in [0.2, 0.25) is 0 Å². The van der Waals surface area contributed by atoms with E-state index in [9.17, 15) is 9.90 Å². The number of benzene rings is 1. The number of nitrogens with zero attached hydrogens (tertiary/aromatic N) is 2. The zero-order chi connectivity index (χ0) is 12.9. The van der Waals surface area contributed by atoms with E-state index in [1.807, 2.05) is 4.57 Å². The summed E-state index contributed by atoms with van der Waals surface area (Å²) in [5.74, 6) is -0.966. The van der Waals surface area contributed by atoms with Crippen LogP contribution in [0.3, 0.4) is 0 Å². The van der Waals surface area contributed by atoms with Gasteiger partial charge >= 0.3 is 5.97 Å². The van der Waals surface area contributed by atoms with Crippen LogP contribution in [0, 0.1) is 0 Å². The topological polar surface area (TPSA) is 75.3 Å². The zero-order valence-corrected chi connectivity index (χ0v) is 11.0. The predicted molar refractivity (Wildman–Crippen MR) is 68.7 cm³/mol. The zero-order valence-electron chi connectivity index (χ0n) is 9.38. The molecule has 94 valence electrons. The Morgan fingerprint density at radius 2 is 2.17 bits per heavy atom. The van der Waals surface area contributed by atoms with Gasteiger partial charge in [-0.3, -0.25) is 0 Å². The molecule has 6 heteroatoms. The Morgan fingerprint density at radius 1 is 1.44 bits per heavy atom. The van der Waals surface area contributed by atoms with Gasteiger partial charge in [-0.2, -0.15) is 0 Å². The number of aliphatic hydroxyl groups excluding tert-OH is 1. The van der Waals surface area contributed by atoms with Crippen LogP contribution in [0.2, 0.25) is 0 Å². The van der Waals surface area contributed by atoms with Crippen molar-refractivity contribution in [3.05, 3.63) is 28.5 Å². The van der Waals surface area contributed by atoms with Gasteiger partial charge in [0.25, 0.3) is 0 Å². The Labute approximate surface area is 111 Å². The third kappa shape index (κ3) is 1.72. The largest absolute Gasteiger partial charge is 0.478 e. The first-order valence-corrected chi connectivity index (χ1v) is 6.43. The maximum Gasteiger partial charge on any atom is 0.335 e. The molecule has 0 atom stereocenters. The van der Waals surface area contributed by atoms with E-state index in [0.29, 0.717) is 5.52 Å². The minimum absolute atomic E-state index is 0.216. The lowest BCUT2D eigenvalue weighted by Gasteiger charge is -2.32. The van der Waals surface area contributed by atoms with Crippen molar-refractivity contribution in [1.82, 2.24) is 9.55 Å². The smallest absolute Gasteiger partial charge is 0.335 e. The molecule has 5 nitrogen and oxygen atoms in total. The molecular formula is C12H11BrN2O3. The van der Waals surface area contributed by atoms with Crippen molar-refractivity contribution in [2.24, 2.45) is 0 Å². The highest BCUT2D eigenvalue weighted by Crippen LogP contribution is 2.36. The maximum absolute atomic E-state index is 11.0. The first-order chi connectivity index (χ1) is 8.56. The van der Waals surface area contributed by atoms with Gasteiger partial charge in [-0.15, -0.1) is 0 Å². The SMILES string of the molecule is O=C(O)c1cc(Br)c2c(c1)ncn2C1CC(O)C1. The van der Waals surface area contributed by atoms with Gasteiger partial charge in [0.15, 0.2) is 0 Å². The van der Waals surface area contributed by atoms with E-state index in [1.165, 1.54) is 0 Å². The molecule has 0 saturated heterocycles. The normalized spacial score (nSPS) is 23.0. The summed E-state index contributed by atoms with van der Waals surface area (Å²) in [6.07, 6.45) is 2.92. The van der Waals surface area contributed by atoms with E-state index in [-0.39, 0.29) is 17.7 Å². The van der Waals surface area contributed by atoms with E-state index in [2.05, 4.69) is 20.9 Å². The van der Waals surface area contributed by atoms with Crippen molar-refractivity contribution in [2.75, 3.05) is 0 Å². The third-order valence-corrected chi connectivity index (χ3v) is 3.96. The fourth-order valence-corrected chi connectivity index (χ4v) is 2.96. The van der Waals surface area contributed by atoms with Crippen molar-refractivity contribution in [2.45, 2.75) is 25.0 Å². The van der Waals surface area contributed by atoms with E-state index in [0.717, 1.165) is 22.8 Å². The van der Waals surface area contributed by atoms with Crippen LogP contribution in [-0.2, 0) is 0 Å². The van der Waals surface area contributed by atoms with E-state index >= 15 is 0 Å². The second-order valence-corrected chi connectivity index (χ2v) is 5.42. The highest BCUT2D eigenvalue weighted by atomic mass is 79.9. The van der Waals surface area contributed by atoms with Crippen LogP contribution in [0.5, 0.6) is 0 Å². The van der Waals surface area contributed by atoms with Crippen molar-refractivity contribution in [3.8, 4) is 0 Å². The number of fused-ring (bicyclic) bond motifs is 1. The van der Waals surface area contributed by atoms with Gasteiger partial charge in [0, 0.05) is 10.5 Å². The van der Waals surface area contributed by atoms with Gasteiger partial charge in [-0.05, 0) is 40.9 Å². The molecule has 1 aromatic heterocycles. The third-order valence-electron chi connectivity index (χ3n) is 3.35. The van der Waals surface area contributed by atoms with Gasteiger partial charge in [-0.25, -0.2) is 9.78 Å². The molecule has 2 N–H and O–H groups in total. The van der Waals surface area contributed by atoms with Crippen molar-refractivity contribution in [1.29, 1.82) is 0 Å². The van der Waals surface area contributed by atoms with Crippen molar-refractivity contribution >= 4 is 32.9 Å². The Morgan fingerprint density at radius 3 is 2.78 bits per heavy atom. The molecule has 0 amide bonds. The molecule has 2 aromatic rings. The molecule has 1 aromatic carbocycles. The van der Waals surface area contributed by atoms with Crippen LogP contribution in [0.25, 0.3) is 11.0 Å². The molecule has 3 rings (SSSR count). The summed E-state index contributed by atoms with van der Waals surface area (Å²) in [5.41, 5.74) is 1.76. The molecule has 18 heavy (non-hydrogen) atoms. The summed E-state index contributed by atoms with van der Waals surface area (Å²) in [6.45, 7) is 0. The Hall–Kier alpha value is -1.40. The molecular weight excluding hydrogens is 300 g/mol. The summed E-state index contributed by atoms with van der Waals surface area (Å²) in [4.78, 5) is 15.2. The molecule has 1 saturated carbocycles. The first-order valence-electron chi connectivity index (χ1n) is 5.63. The van der Waals surface area contributed by atoms with Crippen LogP contribution < -0.4 is 0 Å². The lowest BCUT2D eigenvalue weighted by molar-refractivity contribution is 0.0501. The highest BCUT2D eigenvalue weighted by Gasteiger charge is 2.30. The summed E-state index contributed by atoms with van der Waals surface area (Å²) < 4.78 is 2.72. The fraction of sp³-hybridized carbons (Fsp3) is 0.333. The Balaban J connectivity index is 2.11. The van der Waals surface area contributed by atoms with E-state index in [1.54, 1.807) is 18.5 Å². The average Bonchev–Trinajstić information content (AvgIpc) is 2.68. The quantitative estimate of drug-likeness (QED) is 0.891. The van der Waals surface area contributed by atoms with Crippen LogP contribution in [-0.4, -0.2) is 31.8 Å². The number of rotatable bonds is 2. The number of hydrogen-bond acceptors (Lipinski definition) is 3. The number of hydrogen-bond donors (Lipinski definition) is 2. The molecule has 1 aliphatic rings. The number of carboxylic acid groups (broad SMARTS) is 1. The van der Waals surface area contributed by atoms with Gasteiger partial charge in [0.1, 0.15) is 0 Å². The molecule has 0 radical (unpaired) electrons. The molecule has 1 heterocycles. The number of aromatic nitrogens is 2. The summed E-state index contributed by atoms with van der Waals surface area (Å²) >= 11 is 3.40. The lowest BCUT2D eigenvalue weighted by atomic mass is 9.89. The fourth-order valence-electron chi connectivity index (χ4n) is 2.31. The van der Waals surface area contributed by atoms with Crippen LogP contribution >= 0.6 is 15.9 Å².